The Balaban J connectivity index is 2.63. The number of aldehydes is 1. The van der Waals surface area contributed by atoms with Gasteiger partial charge in [-0.1, -0.05) is 19.3 Å². The number of hydrogen-bond donors (Lipinski definition) is 0. The summed E-state index contributed by atoms with van der Waals surface area (Å²) in [4.78, 5) is 10.7. The second kappa shape index (κ2) is 3.68. The largest absolute Gasteiger partial charge is 0.390 e. The molecular weight excluding hydrogens is 181 g/mol. The molecule has 1 nitrogen and oxygen atoms in total. The van der Waals surface area contributed by atoms with E-state index in [2.05, 4.69) is 0 Å². The Kier molecular flexibility index (Phi) is 2.98. The van der Waals surface area contributed by atoms with Crippen molar-refractivity contribution in [3.05, 3.63) is 0 Å². The van der Waals surface area contributed by atoms with E-state index in [9.17, 15) is 18.0 Å². The van der Waals surface area contributed by atoms with Crippen LogP contribution in [0.1, 0.15) is 38.5 Å². The van der Waals surface area contributed by atoms with Gasteiger partial charge in [0.15, 0.2) is 0 Å². The number of hydrogen-bond acceptors (Lipinski definition) is 1. The van der Waals surface area contributed by atoms with Gasteiger partial charge in [-0.15, -0.1) is 0 Å². The van der Waals surface area contributed by atoms with Crippen molar-refractivity contribution in [2.45, 2.75) is 44.7 Å². The summed E-state index contributed by atoms with van der Waals surface area (Å²) in [6, 6.07) is 0. The van der Waals surface area contributed by atoms with E-state index in [0.29, 0.717) is 19.1 Å². The van der Waals surface area contributed by atoms with Gasteiger partial charge in [0.05, 0.1) is 6.42 Å². The minimum Gasteiger partial charge on any atom is -0.303 e. The van der Waals surface area contributed by atoms with Gasteiger partial charge in [0.2, 0.25) is 0 Å². The molecule has 1 saturated carbocycles. The highest BCUT2D eigenvalue weighted by Gasteiger charge is 2.42. The van der Waals surface area contributed by atoms with Crippen molar-refractivity contribution in [1.29, 1.82) is 0 Å². The number of carbonyl (C=O) groups is 1. The lowest BCUT2D eigenvalue weighted by Gasteiger charge is -2.32. The summed E-state index contributed by atoms with van der Waals surface area (Å²) >= 11 is 0. The summed E-state index contributed by atoms with van der Waals surface area (Å²) in [6.45, 7) is 0. The van der Waals surface area contributed by atoms with E-state index in [4.69, 9.17) is 0 Å². The van der Waals surface area contributed by atoms with Crippen LogP contribution in [0.25, 0.3) is 0 Å². The molecule has 0 aromatic rings. The van der Waals surface area contributed by atoms with Crippen LogP contribution in [0.15, 0.2) is 0 Å². The molecule has 1 fully saturated rings. The third-order valence-electron chi connectivity index (χ3n) is 2.65. The summed E-state index contributed by atoms with van der Waals surface area (Å²) in [5, 5.41) is 0. The molecule has 0 unspecified atom stereocenters. The summed E-state index contributed by atoms with van der Waals surface area (Å²) < 4.78 is 36.3. The van der Waals surface area contributed by atoms with Gasteiger partial charge in [-0.25, -0.2) is 0 Å². The van der Waals surface area contributed by atoms with Gasteiger partial charge in [0.1, 0.15) is 6.29 Å². The fraction of sp³-hybridized carbons (Fsp3) is 0.889. The Labute approximate surface area is 75.3 Å². The van der Waals surface area contributed by atoms with E-state index in [1.54, 1.807) is 0 Å². The van der Waals surface area contributed by atoms with E-state index in [1.165, 1.54) is 0 Å². The summed E-state index contributed by atoms with van der Waals surface area (Å²) in [7, 11) is 0. The second-order valence-electron chi connectivity index (χ2n) is 3.83. The van der Waals surface area contributed by atoms with E-state index < -0.39 is 18.0 Å². The molecule has 0 N–H and O–H groups in total. The third kappa shape index (κ3) is 3.01. The molecule has 76 valence electrons. The summed E-state index contributed by atoms with van der Waals surface area (Å²) in [5.74, 6) is 0. The molecule has 0 amide bonds. The first-order valence-corrected chi connectivity index (χ1v) is 4.51. The number of rotatable bonds is 2. The number of carbonyl (C=O) groups excluding carboxylic acids is 1. The Morgan fingerprint density at radius 1 is 1.15 bits per heavy atom. The van der Waals surface area contributed by atoms with E-state index in [-0.39, 0.29) is 0 Å². The third-order valence-corrected chi connectivity index (χ3v) is 2.65. The summed E-state index contributed by atoms with van der Waals surface area (Å²) in [6.07, 6.45) is -1.40. The molecule has 0 bridgehead atoms. The Morgan fingerprint density at radius 3 is 2.08 bits per heavy atom. The zero-order valence-corrected chi connectivity index (χ0v) is 7.36. The fourth-order valence-electron chi connectivity index (χ4n) is 1.99. The van der Waals surface area contributed by atoms with Crippen LogP contribution in [0.3, 0.4) is 0 Å². The van der Waals surface area contributed by atoms with E-state index in [1.807, 2.05) is 0 Å². The van der Waals surface area contributed by atoms with Crippen LogP contribution in [0, 0.1) is 5.41 Å². The highest BCUT2D eigenvalue weighted by molar-refractivity contribution is 5.59. The van der Waals surface area contributed by atoms with Crippen LogP contribution in [0.4, 0.5) is 13.2 Å². The lowest BCUT2D eigenvalue weighted by molar-refractivity contribution is -0.165. The molecule has 0 saturated heterocycles. The van der Waals surface area contributed by atoms with Gasteiger partial charge in [0.25, 0.3) is 0 Å². The molecule has 1 aliphatic carbocycles. The van der Waals surface area contributed by atoms with E-state index in [0.717, 1.165) is 19.3 Å². The maximum Gasteiger partial charge on any atom is 0.390 e. The van der Waals surface area contributed by atoms with Crippen molar-refractivity contribution < 1.29 is 18.0 Å². The smallest absolute Gasteiger partial charge is 0.303 e. The molecule has 0 heterocycles. The Morgan fingerprint density at radius 2 is 1.69 bits per heavy atom. The molecule has 1 rings (SSSR count). The van der Waals surface area contributed by atoms with Crippen LogP contribution < -0.4 is 0 Å². The first-order valence-electron chi connectivity index (χ1n) is 4.51. The number of alkyl halides is 3. The quantitative estimate of drug-likeness (QED) is 0.617. The van der Waals surface area contributed by atoms with Crippen molar-refractivity contribution in [3.63, 3.8) is 0 Å². The van der Waals surface area contributed by atoms with Gasteiger partial charge < -0.3 is 4.79 Å². The van der Waals surface area contributed by atoms with Crippen molar-refractivity contribution >= 4 is 6.29 Å². The van der Waals surface area contributed by atoms with Crippen LogP contribution >= 0.6 is 0 Å². The fourth-order valence-corrected chi connectivity index (χ4v) is 1.99. The van der Waals surface area contributed by atoms with Crippen molar-refractivity contribution in [2.75, 3.05) is 0 Å². The van der Waals surface area contributed by atoms with Gasteiger partial charge in [-0.2, -0.15) is 13.2 Å². The van der Waals surface area contributed by atoms with Gasteiger partial charge >= 0.3 is 6.18 Å². The van der Waals surface area contributed by atoms with E-state index >= 15 is 0 Å². The Bertz CT molecular complexity index is 180. The zero-order valence-electron chi connectivity index (χ0n) is 7.36. The molecule has 0 aromatic carbocycles. The van der Waals surface area contributed by atoms with Gasteiger partial charge in [-0.3, -0.25) is 0 Å². The maximum atomic E-state index is 12.1. The minimum absolute atomic E-state index is 0.399. The molecule has 13 heavy (non-hydrogen) atoms. The van der Waals surface area contributed by atoms with Crippen molar-refractivity contribution in [2.24, 2.45) is 5.41 Å². The lowest BCUT2D eigenvalue weighted by Crippen LogP contribution is -2.31. The maximum absolute atomic E-state index is 12.1. The normalized spacial score (nSPS) is 22.7. The first-order chi connectivity index (χ1) is 5.97. The molecule has 0 aromatic heterocycles. The standard InChI is InChI=1S/C9H13F3O/c10-9(11,12)6-8(7-13)4-2-1-3-5-8/h7H,1-6H2. The second-order valence-corrected chi connectivity index (χ2v) is 3.83. The summed E-state index contributed by atoms with van der Waals surface area (Å²) in [5.41, 5.74) is -1.10. The highest BCUT2D eigenvalue weighted by atomic mass is 19.4. The molecular formula is C9H13F3O. The topological polar surface area (TPSA) is 17.1 Å². The van der Waals surface area contributed by atoms with Crippen LogP contribution in [-0.4, -0.2) is 12.5 Å². The molecule has 0 spiro atoms. The molecule has 0 aliphatic heterocycles. The van der Waals surface area contributed by atoms with Gasteiger partial charge in [0, 0.05) is 5.41 Å². The predicted octanol–water partition coefficient (Wildman–Crippen LogP) is 3.09. The van der Waals surface area contributed by atoms with Crippen LogP contribution in [0.2, 0.25) is 0 Å². The molecule has 4 heteroatoms. The van der Waals surface area contributed by atoms with Crippen LogP contribution in [-0.2, 0) is 4.79 Å². The number of halogens is 3. The predicted molar refractivity (Wildman–Crippen MR) is 42.3 cm³/mol. The van der Waals surface area contributed by atoms with Crippen LogP contribution in [0.5, 0.6) is 0 Å². The molecule has 0 radical (unpaired) electrons. The highest BCUT2D eigenvalue weighted by Crippen LogP contribution is 2.42. The average molecular weight is 194 g/mol. The van der Waals surface area contributed by atoms with Crippen molar-refractivity contribution in [1.82, 2.24) is 0 Å². The molecule has 1 aliphatic rings. The van der Waals surface area contributed by atoms with Gasteiger partial charge in [-0.05, 0) is 12.8 Å². The first kappa shape index (κ1) is 10.5. The monoisotopic (exact) mass is 194 g/mol. The van der Waals surface area contributed by atoms with Crippen molar-refractivity contribution in [3.8, 4) is 0 Å². The lowest BCUT2D eigenvalue weighted by atomic mass is 9.73. The minimum atomic E-state index is -4.21. The molecule has 0 atom stereocenters. The Hall–Kier alpha value is -0.540. The SMILES string of the molecule is O=CC1(CC(F)(F)F)CCCCC1. The zero-order chi connectivity index (χ0) is 9.95. The average Bonchev–Trinajstić information content (AvgIpc) is 2.03.